The minimum Gasteiger partial charge on any atom is -0.383 e. The molecule has 0 atom stereocenters. The number of nitrogen functional groups attached to an aromatic ring is 1. The number of anilines is 1. The first-order chi connectivity index (χ1) is 10.2. The summed E-state index contributed by atoms with van der Waals surface area (Å²) in [6.45, 7) is 4.00. The lowest BCUT2D eigenvalue weighted by Crippen LogP contribution is -1.95. The molecule has 0 unspecified atom stereocenters. The Bertz CT molecular complexity index is 763. The summed E-state index contributed by atoms with van der Waals surface area (Å²) in [5, 5.41) is 11.5. The molecular formula is C15H16N4O2. The van der Waals surface area contributed by atoms with Crippen LogP contribution in [0, 0.1) is 10.1 Å². The van der Waals surface area contributed by atoms with E-state index in [1.54, 1.807) is 18.3 Å². The number of fused-ring (bicyclic) bond motifs is 1. The second kappa shape index (κ2) is 6.04. The van der Waals surface area contributed by atoms with Crippen LogP contribution < -0.4 is 5.73 Å². The highest BCUT2D eigenvalue weighted by Crippen LogP contribution is 2.24. The Labute approximate surface area is 122 Å². The van der Waals surface area contributed by atoms with E-state index in [2.05, 4.69) is 4.98 Å². The van der Waals surface area contributed by atoms with Crippen molar-refractivity contribution < 1.29 is 4.92 Å². The zero-order valence-electron chi connectivity index (χ0n) is 11.9. The summed E-state index contributed by atoms with van der Waals surface area (Å²) in [5.41, 5.74) is 7.63. The van der Waals surface area contributed by atoms with E-state index in [9.17, 15) is 10.1 Å². The predicted molar refractivity (Wildman–Crippen MR) is 83.5 cm³/mol. The third kappa shape index (κ3) is 2.69. The summed E-state index contributed by atoms with van der Waals surface area (Å²) >= 11 is 0. The molecule has 0 bridgehead atoms. The number of aromatic nitrogens is 2. The van der Waals surface area contributed by atoms with E-state index in [1.165, 1.54) is 12.1 Å². The van der Waals surface area contributed by atoms with Gasteiger partial charge >= 0.3 is 0 Å². The molecule has 0 radical (unpaired) electrons. The van der Waals surface area contributed by atoms with Gasteiger partial charge in [0.2, 0.25) is 0 Å². The van der Waals surface area contributed by atoms with E-state index in [0.717, 1.165) is 16.6 Å². The van der Waals surface area contributed by atoms with Crippen molar-refractivity contribution in [2.75, 3.05) is 5.73 Å². The Morgan fingerprint density at radius 2 is 1.81 bits per heavy atom. The standard InChI is InChI=1S/C13H10N4O2.C2H6/c14-13-11-6-8-16(12(11)5-7-15-13)9-1-3-10(4-2-9)17(18)19;1-2/h1-8H,(H2,14,15);1-2H3. The van der Waals surface area contributed by atoms with Crippen molar-refractivity contribution in [1.29, 1.82) is 0 Å². The van der Waals surface area contributed by atoms with Crippen LogP contribution in [0.1, 0.15) is 13.8 Å². The molecule has 0 saturated heterocycles. The molecular weight excluding hydrogens is 268 g/mol. The monoisotopic (exact) mass is 284 g/mol. The average Bonchev–Trinajstić information content (AvgIpc) is 2.95. The maximum absolute atomic E-state index is 10.6. The van der Waals surface area contributed by atoms with Crippen LogP contribution in [0.25, 0.3) is 16.6 Å². The Morgan fingerprint density at radius 1 is 1.14 bits per heavy atom. The second-order valence-electron chi connectivity index (χ2n) is 4.09. The number of benzene rings is 1. The molecule has 108 valence electrons. The van der Waals surface area contributed by atoms with Crippen LogP contribution in [0.15, 0.2) is 48.8 Å². The quantitative estimate of drug-likeness (QED) is 0.576. The fraction of sp³-hybridized carbons (Fsp3) is 0.133. The minimum absolute atomic E-state index is 0.0707. The fourth-order valence-corrected chi connectivity index (χ4v) is 2.05. The van der Waals surface area contributed by atoms with Crippen LogP contribution in [0.3, 0.4) is 0 Å². The van der Waals surface area contributed by atoms with Gasteiger partial charge in [-0.2, -0.15) is 0 Å². The highest BCUT2D eigenvalue weighted by molar-refractivity contribution is 5.90. The molecule has 3 rings (SSSR count). The summed E-state index contributed by atoms with van der Waals surface area (Å²) < 4.78 is 1.91. The molecule has 21 heavy (non-hydrogen) atoms. The summed E-state index contributed by atoms with van der Waals surface area (Å²) in [5.74, 6) is 0.471. The molecule has 0 aliphatic carbocycles. The van der Waals surface area contributed by atoms with Gasteiger partial charge in [0.15, 0.2) is 0 Å². The summed E-state index contributed by atoms with van der Waals surface area (Å²) in [7, 11) is 0. The number of nitro benzene ring substituents is 1. The van der Waals surface area contributed by atoms with E-state index >= 15 is 0 Å². The highest BCUT2D eigenvalue weighted by Gasteiger charge is 2.08. The summed E-state index contributed by atoms with van der Waals surface area (Å²) in [6.07, 6.45) is 3.50. The first-order valence-corrected chi connectivity index (χ1v) is 6.63. The number of nitro groups is 1. The maximum Gasteiger partial charge on any atom is 0.269 e. The predicted octanol–water partition coefficient (Wildman–Crippen LogP) is 3.54. The molecule has 3 aromatic rings. The molecule has 0 aliphatic heterocycles. The molecule has 0 amide bonds. The van der Waals surface area contributed by atoms with Crippen LogP contribution in [-0.4, -0.2) is 14.5 Å². The number of nitrogens with two attached hydrogens (primary N) is 1. The number of hydrogen-bond acceptors (Lipinski definition) is 4. The normalized spacial score (nSPS) is 10.0. The SMILES string of the molecule is CC.Nc1nccc2c1ccn2-c1ccc([N+](=O)[O-])cc1. The molecule has 0 aliphatic rings. The number of pyridine rings is 1. The van der Waals surface area contributed by atoms with E-state index in [1.807, 2.05) is 36.7 Å². The smallest absolute Gasteiger partial charge is 0.269 e. The van der Waals surface area contributed by atoms with Gasteiger partial charge in [-0.3, -0.25) is 10.1 Å². The largest absolute Gasteiger partial charge is 0.383 e. The van der Waals surface area contributed by atoms with E-state index in [4.69, 9.17) is 5.73 Å². The molecule has 0 saturated carbocycles. The Kier molecular flexibility index (Phi) is 4.18. The molecule has 0 fully saturated rings. The summed E-state index contributed by atoms with van der Waals surface area (Å²) in [6, 6.07) is 10.1. The van der Waals surface area contributed by atoms with Crippen LogP contribution in [0.2, 0.25) is 0 Å². The van der Waals surface area contributed by atoms with Gasteiger partial charge in [0.05, 0.1) is 10.4 Å². The lowest BCUT2D eigenvalue weighted by atomic mass is 10.2. The third-order valence-electron chi connectivity index (χ3n) is 2.99. The van der Waals surface area contributed by atoms with Crippen LogP contribution in [0.5, 0.6) is 0 Å². The number of non-ortho nitro benzene ring substituents is 1. The van der Waals surface area contributed by atoms with Gasteiger partial charge in [-0.25, -0.2) is 4.98 Å². The molecule has 2 aromatic heterocycles. The highest BCUT2D eigenvalue weighted by atomic mass is 16.6. The van der Waals surface area contributed by atoms with Crippen LogP contribution in [0.4, 0.5) is 11.5 Å². The minimum atomic E-state index is -0.417. The van der Waals surface area contributed by atoms with Gasteiger partial charge in [0, 0.05) is 35.6 Å². The Hall–Kier alpha value is -2.89. The van der Waals surface area contributed by atoms with E-state index in [-0.39, 0.29) is 5.69 Å². The average molecular weight is 284 g/mol. The van der Waals surface area contributed by atoms with Crippen molar-refractivity contribution in [1.82, 2.24) is 9.55 Å². The van der Waals surface area contributed by atoms with Gasteiger partial charge in [-0.1, -0.05) is 13.8 Å². The van der Waals surface area contributed by atoms with Crippen LogP contribution >= 0.6 is 0 Å². The van der Waals surface area contributed by atoms with Crippen molar-refractivity contribution in [3.05, 3.63) is 58.9 Å². The zero-order chi connectivity index (χ0) is 15.4. The van der Waals surface area contributed by atoms with Crippen molar-refractivity contribution in [3.8, 4) is 5.69 Å². The second-order valence-corrected chi connectivity index (χ2v) is 4.09. The van der Waals surface area contributed by atoms with Crippen molar-refractivity contribution in [2.45, 2.75) is 13.8 Å². The van der Waals surface area contributed by atoms with E-state index < -0.39 is 4.92 Å². The van der Waals surface area contributed by atoms with Gasteiger partial charge in [-0.15, -0.1) is 0 Å². The molecule has 6 heteroatoms. The van der Waals surface area contributed by atoms with E-state index in [0.29, 0.717) is 5.82 Å². The zero-order valence-corrected chi connectivity index (χ0v) is 11.9. The molecule has 6 nitrogen and oxygen atoms in total. The Balaban J connectivity index is 0.000000774. The van der Waals surface area contributed by atoms with Gasteiger partial charge in [-0.05, 0) is 24.3 Å². The number of hydrogen-bond donors (Lipinski definition) is 1. The number of nitrogens with zero attached hydrogens (tertiary/aromatic N) is 3. The molecule has 0 spiro atoms. The van der Waals surface area contributed by atoms with Crippen molar-refractivity contribution >= 4 is 22.4 Å². The van der Waals surface area contributed by atoms with Crippen LogP contribution in [-0.2, 0) is 0 Å². The lowest BCUT2D eigenvalue weighted by Gasteiger charge is -2.05. The van der Waals surface area contributed by atoms with Crippen molar-refractivity contribution in [2.24, 2.45) is 0 Å². The molecule has 2 N–H and O–H groups in total. The molecule has 2 heterocycles. The number of rotatable bonds is 2. The first kappa shape index (κ1) is 14.5. The Morgan fingerprint density at radius 3 is 2.43 bits per heavy atom. The lowest BCUT2D eigenvalue weighted by molar-refractivity contribution is -0.384. The maximum atomic E-state index is 10.6. The fourth-order valence-electron chi connectivity index (χ4n) is 2.05. The molecule has 1 aromatic carbocycles. The van der Waals surface area contributed by atoms with Gasteiger partial charge in [0.25, 0.3) is 5.69 Å². The van der Waals surface area contributed by atoms with Crippen molar-refractivity contribution in [3.63, 3.8) is 0 Å². The topological polar surface area (TPSA) is 87.0 Å². The third-order valence-corrected chi connectivity index (χ3v) is 2.99. The van der Waals surface area contributed by atoms with Gasteiger partial charge < -0.3 is 10.3 Å². The first-order valence-electron chi connectivity index (χ1n) is 6.63. The summed E-state index contributed by atoms with van der Waals surface area (Å²) in [4.78, 5) is 14.2. The van der Waals surface area contributed by atoms with Gasteiger partial charge in [0.1, 0.15) is 5.82 Å².